The summed E-state index contributed by atoms with van der Waals surface area (Å²) in [5.41, 5.74) is 0.341. The molecule has 0 aliphatic heterocycles. The van der Waals surface area contributed by atoms with Gasteiger partial charge in [-0.15, -0.1) is 0 Å². The molecule has 1 aliphatic rings. The Labute approximate surface area is 117 Å². The van der Waals surface area contributed by atoms with Crippen LogP contribution in [0, 0.1) is 11.3 Å². The summed E-state index contributed by atoms with van der Waals surface area (Å²) in [5, 5.41) is 7.95. The Morgan fingerprint density at radius 2 is 2.16 bits per heavy atom. The number of nitrogens with zero attached hydrogens (tertiary/aromatic N) is 3. The largest absolute Gasteiger partial charge is 0.316 e. The van der Waals surface area contributed by atoms with Crippen LogP contribution in [0.4, 0.5) is 0 Å². The molecule has 1 aromatic heterocycles. The Bertz CT molecular complexity index is 383. The lowest BCUT2D eigenvalue weighted by Crippen LogP contribution is -2.36. The number of hydrogen-bond acceptors (Lipinski definition) is 3. The zero-order valence-electron chi connectivity index (χ0n) is 12.7. The van der Waals surface area contributed by atoms with Gasteiger partial charge in [-0.2, -0.15) is 5.10 Å². The van der Waals surface area contributed by atoms with E-state index in [1.54, 1.807) is 6.33 Å². The molecule has 4 heteroatoms. The highest BCUT2D eigenvalue weighted by atomic mass is 15.3. The van der Waals surface area contributed by atoms with Gasteiger partial charge in [-0.25, -0.2) is 4.98 Å². The average Bonchev–Trinajstić information content (AvgIpc) is 3.16. The second-order valence-corrected chi connectivity index (χ2v) is 6.18. The number of nitrogens with one attached hydrogen (secondary N) is 1. The summed E-state index contributed by atoms with van der Waals surface area (Å²) in [4.78, 5) is 4.48. The Morgan fingerprint density at radius 3 is 2.79 bits per heavy atom. The van der Waals surface area contributed by atoms with Crippen molar-refractivity contribution in [2.45, 2.75) is 59.4 Å². The number of aromatic nitrogens is 3. The highest BCUT2D eigenvalue weighted by molar-refractivity contribution is 5.00. The van der Waals surface area contributed by atoms with Gasteiger partial charge in [0.05, 0.1) is 0 Å². The second kappa shape index (κ2) is 6.51. The lowest BCUT2D eigenvalue weighted by molar-refractivity contribution is 0.246. The van der Waals surface area contributed by atoms with Gasteiger partial charge in [-0.1, -0.05) is 20.8 Å². The molecular formula is C15H28N4. The molecule has 0 radical (unpaired) electrons. The maximum Gasteiger partial charge on any atom is 0.138 e. The van der Waals surface area contributed by atoms with Crippen molar-refractivity contribution in [2.24, 2.45) is 11.3 Å². The van der Waals surface area contributed by atoms with Crippen molar-refractivity contribution in [1.82, 2.24) is 20.1 Å². The molecule has 1 atom stereocenters. The Kier molecular flexibility index (Phi) is 4.97. The molecule has 0 bridgehead atoms. The smallest absolute Gasteiger partial charge is 0.138 e. The third-order valence-corrected chi connectivity index (χ3v) is 4.21. The van der Waals surface area contributed by atoms with Crippen LogP contribution in [0.5, 0.6) is 0 Å². The van der Waals surface area contributed by atoms with E-state index in [-0.39, 0.29) is 0 Å². The van der Waals surface area contributed by atoms with Crippen molar-refractivity contribution in [3.8, 4) is 0 Å². The van der Waals surface area contributed by atoms with Gasteiger partial charge < -0.3 is 5.32 Å². The summed E-state index contributed by atoms with van der Waals surface area (Å²) in [5.74, 6) is 2.03. The van der Waals surface area contributed by atoms with E-state index in [1.165, 1.54) is 19.3 Å². The third-order valence-electron chi connectivity index (χ3n) is 4.21. The van der Waals surface area contributed by atoms with Crippen molar-refractivity contribution in [3.63, 3.8) is 0 Å². The van der Waals surface area contributed by atoms with Gasteiger partial charge in [0.25, 0.3) is 0 Å². The normalized spacial score (nSPS) is 18.5. The highest BCUT2D eigenvalue weighted by Gasteiger charge is 2.41. The van der Waals surface area contributed by atoms with Crippen LogP contribution in [-0.2, 0) is 13.0 Å². The molecule has 19 heavy (non-hydrogen) atoms. The number of rotatable bonds is 9. The van der Waals surface area contributed by atoms with E-state index in [2.05, 4.69) is 40.9 Å². The van der Waals surface area contributed by atoms with Crippen molar-refractivity contribution in [3.05, 3.63) is 12.2 Å². The Morgan fingerprint density at radius 1 is 1.37 bits per heavy atom. The fourth-order valence-corrected chi connectivity index (χ4v) is 2.87. The van der Waals surface area contributed by atoms with E-state index >= 15 is 0 Å². The molecule has 1 aromatic rings. The van der Waals surface area contributed by atoms with Gasteiger partial charge in [0.1, 0.15) is 12.2 Å². The minimum atomic E-state index is 0.341. The van der Waals surface area contributed by atoms with Crippen LogP contribution in [0.1, 0.15) is 52.3 Å². The van der Waals surface area contributed by atoms with Crippen molar-refractivity contribution in [1.29, 1.82) is 0 Å². The topological polar surface area (TPSA) is 42.7 Å². The first-order chi connectivity index (χ1) is 9.19. The lowest BCUT2D eigenvalue weighted by Gasteiger charge is -2.30. The summed E-state index contributed by atoms with van der Waals surface area (Å²) in [6.07, 6.45) is 7.84. The van der Waals surface area contributed by atoms with E-state index in [4.69, 9.17) is 0 Å². The van der Waals surface area contributed by atoms with E-state index in [0.717, 1.165) is 44.2 Å². The minimum Gasteiger partial charge on any atom is -0.316 e. The summed E-state index contributed by atoms with van der Waals surface area (Å²) in [6.45, 7) is 10.0. The minimum absolute atomic E-state index is 0.341. The lowest BCUT2D eigenvalue weighted by atomic mass is 9.81. The first-order valence-corrected chi connectivity index (χ1v) is 7.77. The van der Waals surface area contributed by atoms with Crippen molar-refractivity contribution < 1.29 is 0 Å². The fourth-order valence-electron chi connectivity index (χ4n) is 2.87. The van der Waals surface area contributed by atoms with Crippen LogP contribution < -0.4 is 5.32 Å². The maximum atomic E-state index is 4.48. The molecule has 0 spiro atoms. The van der Waals surface area contributed by atoms with Crippen molar-refractivity contribution >= 4 is 0 Å². The number of aryl methyl sites for hydroxylation is 1. The van der Waals surface area contributed by atoms with E-state index in [1.807, 2.05) is 0 Å². The predicted molar refractivity (Wildman–Crippen MR) is 78.0 cm³/mol. The standard InChI is InChI=1S/C15H28N4/c1-4-8-16-11-15(3,13-6-7-13)10-14-17-12-18-19(14)9-5-2/h12-13,16H,4-11H2,1-3H3. The van der Waals surface area contributed by atoms with Gasteiger partial charge in [0, 0.05) is 19.5 Å². The molecule has 1 heterocycles. The number of hydrogen-bond donors (Lipinski definition) is 1. The zero-order valence-corrected chi connectivity index (χ0v) is 12.7. The van der Waals surface area contributed by atoms with Crippen molar-refractivity contribution in [2.75, 3.05) is 13.1 Å². The summed E-state index contributed by atoms with van der Waals surface area (Å²) in [6, 6.07) is 0. The van der Waals surface area contributed by atoms with E-state index < -0.39 is 0 Å². The van der Waals surface area contributed by atoms with Gasteiger partial charge >= 0.3 is 0 Å². The van der Waals surface area contributed by atoms with E-state index in [9.17, 15) is 0 Å². The second-order valence-electron chi connectivity index (χ2n) is 6.18. The fraction of sp³-hybridized carbons (Fsp3) is 0.867. The molecule has 1 saturated carbocycles. The SMILES string of the molecule is CCCNCC(C)(Cc1ncnn1CCC)C1CC1. The molecule has 0 saturated heterocycles. The molecule has 4 nitrogen and oxygen atoms in total. The molecule has 108 valence electrons. The molecule has 1 fully saturated rings. The molecular weight excluding hydrogens is 236 g/mol. The van der Waals surface area contributed by atoms with Crippen LogP contribution >= 0.6 is 0 Å². The molecule has 1 aliphatic carbocycles. The van der Waals surface area contributed by atoms with Crippen LogP contribution in [0.15, 0.2) is 6.33 Å². The van der Waals surface area contributed by atoms with E-state index in [0.29, 0.717) is 5.41 Å². The molecule has 1 unspecified atom stereocenters. The summed E-state index contributed by atoms with van der Waals surface area (Å²) in [7, 11) is 0. The van der Waals surface area contributed by atoms with Crippen LogP contribution in [0.3, 0.4) is 0 Å². The Balaban J connectivity index is 2.00. The van der Waals surface area contributed by atoms with Gasteiger partial charge in [0.2, 0.25) is 0 Å². The van der Waals surface area contributed by atoms with Crippen LogP contribution in [-0.4, -0.2) is 27.9 Å². The zero-order chi connectivity index (χ0) is 13.7. The molecule has 1 N–H and O–H groups in total. The van der Waals surface area contributed by atoms with Gasteiger partial charge in [-0.3, -0.25) is 4.68 Å². The first kappa shape index (κ1) is 14.5. The van der Waals surface area contributed by atoms with Crippen LogP contribution in [0.25, 0.3) is 0 Å². The van der Waals surface area contributed by atoms with Gasteiger partial charge in [-0.05, 0) is 43.6 Å². The Hall–Kier alpha value is -0.900. The monoisotopic (exact) mass is 264 g/mol. The highest BCUT2D eigenvalue weighted by Crippen LogP contribution is 2.46. The summed E-state index contributed by atoms with van der Waals surface area (Å²) < 4.78 is 2.08. The van der Waals surface area contributed by atoms with Crippen LogP contribution in [0.2, 0.25) is 0 Å². The molecule has 0 aromatic carbocycles. The quantitative estimate of drug-likeness (QED) is 0.697. The van der Waals surface area contributed by atoms with Gasteiger partial charge in [0.15, 0.2) is 0 Å². The first-order valence-electron chi connectivity index (χ1n) is 7.77. The third kappa shape index (κ3) is 3.78. The maximum absolute atomic E-state index is 4.48. The molecule has 0 amide bonds. The average molecular weight is 264 g/mol. The summed E-state index contributed by atoms with van der Waals surface area (Å²) >= 11 is 0. The predicted octanol–water partition coefficient (Wildman–Crippen LogP) is 2.65. The molecule has 2 rings (SSSR count).